The van der Waals surface area contributed by atoms with Gasteiger partial charge in [0.05, 0.1) is 6.61 Å². The van der Waals surface area contributed by atoms with Gasteiger partial charge in [-0.15, -0.1) is 0 Å². The highest BCUT2D eigenvalue weighted by molar-refractivity contribution is 6.00. The Labute approximate surface area is 106 Å². The summed E-state index contributed by atoms with van der Waals surface area (Å²) in [5, 5.41) is 11.1. The minimum Gasteiger partial charge on any atom is -0.492 e. The molecule has 94 valence electrons. The number of fused-ring (bicyclic) bond motifs is 1. The van der Waals surface area contributed by atoms with Gasteiger partial charge in [0.25, 0.3) is 0 Å². The minimum absolute atomic E-state index is 0.227. The van der Waals surface area contributed by atoms with E-state index in [9.17, 15) is 9.90 Å². The fourth-order valence-corrected chi connectivity index (χ4v) is 1.89. The van der Waals surface area contributed by atoms with E-state index in [2.05, 4.69) is 6.92 Å². The van der Waals surface area contributed by atoms with Gasteiger partial charge >= 0.3 is 5.97 Å². The first-order valence-electron chi connectivity index (χ1n) is 6.12. The molecule has 0 saturated heterocycles. The Morgan fingerprint density at radius 1 is 1.22 bits per heavy atom. The van der Waals surface area contributed by atoms with Gasteiger partial charge in [-0.2, -0.15) is 0 Å². The average molecular weight is 244 g/mol. The molecule has 0 spiro atoms. The van der Waals surface area contributed by atoms with Gasteiger partial charge < -0.3 is 9.84 Å². The Morgan fingerprint density at radius 2 is 2.00 bits per heavy atom. The molecule has 1 N–H and O–H groups in total. The van der Waals surface area contributed by atoms with E-state index < -0.39 is 5.97 Å². The molecule has 0 aliphatic rings. The summed E-state index contributed by atoms with van der Waals surface area (Å²) < 4.78 is 5.67. The molecule has 18 heavy (non-hydrogen) atoms. The number of unbranched alkanes of at least 4 members (excludes halogenated alkanes) is 1. The number of carboxylic acid groups (broad SMARTS) is 1. The van der Waals surface area contributed by atoms with Crippen LogP contribution in [-0.2, 0) is 0 Å². The molecule has 2 aromatic carbocycles. The quantitative estimate of drug-likeness (QED) is 0.815. The lowest BCUT2D eigenvalue weighted by Gasteiger charge is -2.12. The highest BCUT2D eigenvalue weighted by Crippen LogP contribution is 2.30. The van der Waals surface area contributed by atoms with Gasteiger partial charge in [-0.3, -0.25) is 0 Å². The van der Waals surface area contributed by atoms with Crippen molar-refractivity contribution in [1.82, 2.24) is 0 Å². The van der Waals surface area contributed by atoms with Crippen molar-refractivity contribution < 1.29 is 14.6 Å². The third-order valence-corrected chi connectivity index (χ3v) is 2.85. The molecule has 2 aromatic rings. The van der Waals surface area contributed by atoms with Crippen LogP contribution in [0.1, 0.15) is 30.1 Å². The third-order valence-electron chi connectivity index (χ3n) is 2.85. The van der Waals surface area contributed by atoms with Crippen molar-refractivity contribution in [3.8, 4) is 5.75 Å². The van der Waals surface area contributed by atoms with E-state index in [4.69, 9.17) is 4.74 Å². The number of ether oxygens (including phenoxy) is 1. The standard InChI is InChI=1S/C15H16O3/c1-2-3-10-18-14-12-7-5-4-6-11(12)8-9-13(14)15(16)17/h4-9H,2-3,10H2,1H3,(H,16,17). The van der Waals surface area contributed by atoms with Crippen LogP contribution in [0.2, 0.25) is 0 Å². The van der Waals surface area contributed by atoms with E-state index in [-0.39, 0.29) is 5.56 Å². The van der Waals surface area contributed by atoms with Crippen molar-refractivity contribution in [1.29, 1.82) is 0 Å². The summed E-state index contributed by atoms with van der Waals surface area (Å²) in [4.78, 5) is 11.2. The summed E-state index contributed by atoms with van der Waals surface area (Å²) in [6.07, 6.45) is 1.94. The molecule has 0 atom stereocenters. The van der Waals surface area contributed by atoms with Gasteiger partial charge in [-0.1, -0.05) is 43.7 Å². The van der Waals surface area contributed by atoms with Gasteiger partial charge in [0.15, 0.2) is 0 Å². The Hall–Kier alpha value is -2.03. The van der Waals surface area contributed by atoms with Crippen LogP contribution < -0.4 is 4.74 Å². The van der Waals surface area contributed by atoms with Crippen LogP contribution in [0.5, 0.6) is 5.75 Å². The lowest BCUT2D eigenvalue weighted by atomic mass is 10.1. The third kappa shape index (κ3) is 2.45. The smallest absolute Gasteiger partial charge is 0.339 e. The lowest BCUT2D eigenvalue weighted by molar-refractivity contribution is 0.0692. The topological polar surface area (TPSA) is 46.5 Å². The molecule has 3 nitrogen and oxygen atoms in total. The highest BCUT2D eigenvalue weighted by atomic mass is 16.5. The van der Waals surface area contributed by atoms with Crippen LogP contribution in [0.4, 0.5) is 0 Å². The second-order valence-corrected chi connectivity index (χ2v) is 4.17. The van der Waals surface area contributed by atoms with Crippen molar-refractivity contribution in [2.45, 2.75) is 19.8 Å². The number of carboxylic acids is 1. The van der Waals surface area contributed by atoms with Gasteiger partial charge in [-0.25, -0.2) is 4.79 Å². The molecule has 2 rings (SSSR count). The SMILES string of the molecule is CCCCOc1c(C(=O)O)ccc2ccccc12. The summed E-state index contributed by atoms with van der Waals surface area (Å²) >= 11 is 0. The first kappa shape index (κ1) is 12.4. The van der Waals surface area contributed by atoms with E-state index in [1.807, 2.05) is 30.3 Å². The first-order chi connectivity index (χ1) is 8.74. The Kier molecular flexibility index (Phi) is 3.82. The predicted molar refractivity (Wildman–Crippen MR) is 71.3 cm³/mol. The van der Waals surface area contributed by atoms with E-state index >= 15 is 0 Å². The van der Waals surface area contributed by atoms with Gasteiger partial charge in [0, 0.05) is 5.39 Å². The summed E-state index contributed by atoms with van der Waals surface area (Å²) in [7, 11) is 0. The zero-order valence-electron chi connectivity index (χ0n) is 10.3. The van der Waals surface area contributed by atoms with Crippen LogP contribution in [0.25, 0.3) is 10.8 Å². The fraction of sp³-hybridized carbons (Fsp3) is 0.267. The number of carbonyl (C=O) groups is 1. The van der Waals surface area contributed by atoms with Gasteiger partial charge in [0.2, 0.25) is 0 Å². The van der Waals surface area contributed by atoms with Crippen molar-refractivity contribution in [2.24, 2.45) is 0 Å². The maximum atomic E-state index is 11.2. The summed E-state index contributed by atoms with van der Waals surface area (Å²) in [6, 6.07) is 11.1. The van der Waals surface area contributed by atoms with Gasteiger partial charge in [0.1, 0.15) is 11.3 Å². The van der Waals surface area contributed by atoms with Gasteiger partial charge in [-0.05, 0) is 17.9 Å². The molecule has 0 fully saturated rings. The van der Waals surface area contributed by atoms with Crippen molar-refractivity contribution >= 4 is 16.7 Å². The van der Waals surface area contributed by atoms with Crippen LogP contribution >= 0.6 is 0 Å². The predicted octanol–water partition coefficient (Wildman–Crippen LogP) is 3.72. The normalized spacial score (nSPS) is 10.5. The number of hydrogen-bond donors (Lipinski definition) is 1. The molecule has 0 unspecified atom stereocenters. The summed E-state index contributed by atoms with van der Waals surface area (Å²) in [6.45, 7) is 2.62. The second kappa shape index (κ2) is 5.54. The second-order valence-electron chi connectivity index (χ2n) is 4.17. The molecule has 0 amide bonds. The van der Waals surface area contributed by atoms with Crippen LogP contribution in [0, 0.1) is 0 Å². The molecular formula is C15H16O3. The monoisotopic (exact) mass is 244 g/mol. The minimum atomic E-state index is -0.952. The molecule has 0 aliphatic carbocycles. The molecule has 0 bridgehead atoms. The molecule has 0 saturated carbocycles. The summed E-state index contributed by atoms with van der Waals surface area (Å²) in [5.41, 5.74) is 0.227. The van der Waals surface area contributed by atoms with Crippen LogP contribution in [-0.4, -0.2) is 17.7 Å². The maximum Gasteiger partial charge on any atom is 0.339 e. The van der Waals surface area contributed by atoms with E-state index in [0.717, 1.165) is 23.6 Å². The zero-order chi connectivity index (χ0) is 13.0. The Balaban J connectivity index is 2.48. The molecule has 0 radical (unpaired) electrons. The molecule has 0 heterocycles. The number of hydrogen-bond acceptors (Lipinski definition) is 2. The summed E-state index contributed by atoms with van der Waals surface area (Å²) in [5.74, 6) is -0.471. The van der Waals surface area contributed by atoms with Crippen LogP contribution in [0.3, 0.4) is 0 Å². The van der Waals surface area contributed by atoms with Crippen molar-refractivity contribution in [2.75, 3.05) is 6.61 Å². The number of aromatic carboxylic acids is 1. The van der Waals surface area contributed by atoms with Crippen LogP contribution in [0.15, 0.2) is 36.4 Å². The maximum absolute atomic E-state index is 11.2. The Bertz CT molecular complexity index is 561. The highest BCUT2D eigenvalue weighted by Gasteiger charge is 2.14. The van der Waals surface area contributed by atoms with E-state index in [0.29, 0.717) is 12.4 Å². The van der Waals surface area contributed by atoms with Crippen molar-refractivity contribution in [3.05, 3.63) is 42.0 Å². The largest absolute Gasteiger partial charge is 0.492 e. The zero-order valence-corrected chi connectivity index (χ0v) is 10.3. The number of benzene rings is 2. The number of rotatable bonds is 5. The average Bonchev–Trinajstić information content (AvgIpc) is 2.38. The molecule has 0 aromatic heterocycles. The first-order valence-corrected chi connectivity index (χ1v) is 6.12. The Morgan fingerprint density at radius 3 is 2.72 bits per heavy atom. The van der Waals surface area contributed by atoms with Crippen molar-refractivity contribution in [3.63, 3.8) is 0 Å². The molecule has 3 heteroatoms. The lowest BCUT2D eigenvalue weighted by Crippen LogP contribution is -2.05. The molecular weight excluding hydrogens is 228 g/mol. The molecule has 0 aliphatic heterocycles. The fourth-order valence-electron chi connectivity index (χ4n) is 1.89. The van der Waals surface area contributed by atoms with E-state index in [1.165, 1.54) is 0 Å². The van der Waals surface area contributed by atoms with E-state index in [1.54, 1.807) is 6.07 Å².